The quantitative estimate of drug-likeness (QED) is 0.918. The first-order valence-corrected chi connectivity index (χ1v) is 8.75. The van der Waals surface area contributed by atoms with Crippen molar-refractivity contribution in [3.05, 3.63) is 23.8 Å². The normalized spacial score (nSPS) is 17.9. The Morgan fingerprint density at radius 3 is 2.50 bits per heavy atom. The van der Waals surface area contributed by atoms with E-state index in [4.69, 9.17) is 4.74 Å². The zero-order valence-electron chi connectivity index (χ0n) is 14.2. The average Bonchev–Trinajstić information content (AvgIpc) is 3.16. The summed E-state index contributed by atoms with van der Waals surface area (Å²) in [6.45, 7) is 6.20. The number of hydrogen-bond acceptors (Lipinski definition) is 4. The van der Waals surface area contributed by atoms with Gasteiger partial charge in [0.1, 0.15) is 0 Å². The minimum Gasteiger partial charge on any atom is -0.378 e. The Kier molecular flexibility index (Phi) is 5.35. The summed E-state index contributed by atoms with van der Waals surface area (Å²) in [5, 5.41) is 2.96. The summed E-state index contributed by atoms with van der Waals surface area (Å²) in [4.78, 5) is 28.7. The second-order valence-corrected chi connectivity index (χ2v) is 6.23. The van der Waals surface area contributed by atoms with Crippen molar-refractivity contribution in [3.8, 4) is 0 Å². The van der Waals surface area contributed by atoms with Crippen molar-refractivity contribution >= 4 is 23.2 Å². The summed E-state index contributed by atoms with van der Waals surface area (Å²) < 4.78 is 5.31. The van der Waals surface area contributed by atoms with Gasteiger partial charge in [0.05, 0.1) is 24.6 Å². The summed E-state index contributed by atoms with van der Waals surface area (Å²) in [6, 6.07) is 5.65. The molecule has 24 heavy (non-hydrogen) atoms. The Morgan fingerprint density at radius 2 is 1.83 bits per heavy atom. The Morgan fingerprint density at radius 1 is 1.12 bits per heavy atom. The van der Waals surface area contributed by atoms with Crippen molar-refractivity contribution in [2.45, 2.75) is 26.2 Å². The van der Waals surface area contributed by atoms with Crippen LogP contribution in [-0.4, -0.2) is 56.1 Å². The van der Waals surface area contributed by atoms with Crippen molar-refractivity contribution in [3.63, 3.8) is 0 Å². The van der Waals surface area contributed by atoms with Gasteiger partial charge in [-0.1, -0.05) is 6.92 Å². The molecule has 0 unspecified atom stereocenters. The van der Waals surface area contributed by atoms with E-state index in [0.29, 0.717) is 38.3 Å². The number of carbonyl (C=O) groups excluding carboxylic acids is 2. The molecule has 0 spiro atoms. The van der Waals surface area contributed by atoms with Crippen LogP contribution < -0.4 is 10.2 Å². The van der Waals surface area contributed by atoms with Crippen molar-refractivity contribution in [1.29, 1.82) is 0 Å². The van der Waals surface area contributed by atoms with Gasteiger partial charge in [-0.25, -0.2) is 0 Å². The number of carbonyl (C=O) groups is 2. The molecule has 130 valence electrons. The molecular formula is C18H25N3O3. The standard InChI is InChI=1S/C18H25N3O3/c1-2-17(22)19-15-13-14(18(23)21-9-11-24-12-10-21)5-6-16(15)20-7-3-4-8-20/h5-6,13H,2-4,7-12H2,1H3,(H,19,22). The van der Waals surface area contributed by atoms with Gasteiger partial charge in [-0.15, -0.1) is 0 Å². The molecule has 2 amide bonds. The van der Waals surface area contributed by atoms with Gasteiger partial charge < -0.3 is 19.9 Å². The fraction of sp³-hybridized carbons (Fsp3) is 0.556. The second-order valence-electron chi connectivity index (χ2n) is 6.23. The van der Waals surface area contributed by atoms with Crippen LogP contribution in [0, 0.1) is 0 Å². The average molecular weight is 331 g/mol. The van der Waals surface area contributed by atoms with Crippen LogP contribution in [0.2, 0.25) is 0 Å². The third-order valence-corrected chi connectivity index (χ3v) is 4.58. The van der Waals surface area contributed by atoms with Crippen LogP contribution in [-0.2, 0) is 9.53 Å². The molecule has 2 heterocycles. The predicted octanol–water partition coefficient (Wildman–Crippen LogP) is 2.11. The number of nitrogens with zero attached hydrogens (tertiary/aromatic N) is 2. The Bertz CT molecular complexity index is 606. The van der Waals surface area contributed by atoms with Crippen LogP contribution in [0.3, 0.4) is 0 Å². The first kappa shape index (κ1) is 16.8. The summed E-state index contributed by atoms with van der Waals surface area (Å²) in [5.41, 5.74) is 2.36. The van der Waals surface area contributed by atoms with Gasteiger partial charge in [0.2, 0.25) is 5.91 Å². The van der Waals surface area contributed by atoms with E-state index in [-0.39, 0.29) is 11.8 Å². The highest BCUT2D eigenvalue weighted by molar-refractivity contribution is 6.00. The third kappa shape index (κ3) is 3.70. The maximum Gasteiger partial charge on any atom is 0.254 e. The number of nitrogens with one attached hydrogen (secondary N) is 1. The molecule has 3 rings (SSSR count). The molecule has 2 aliphatic heterocycles. The SMILES string of the molecule is CCC(=O)Nc1cc(C(=O)N2CCOCC2)ccc1N1CCCC1. The fourth-order valence-electron chi connectivity index (χ4n) is 3.19. The number of hydrogen-bond donors (Lipinski definition) is 1. The van der Waals surface area contributed by atoms with Gasteiger partial charge in [-0.2, -0.15) is 0 Å². The van der Waals surface area contributed by atoms with Gasteiger partial charge in [-0.3, -0.25) is 9.59 Å². The lowest BCUT2D eigenvalue weighted by Gasteiger charge is -2.28. The number of benzene rings is 1. The minimum atomic E-state index is -0.0357. The molecule has 6 heteroatoms. The van der Waals surface area contributed by atoms with Crippen LogP contribution in [0.15, 0.2) is 18.2 Å². The first-order chi connectivity index (χ1) is 11.7. The minimum absolute atomic E-state index is 0.00160. The van der Waals surface area contributed by atoms with Gasteiger partial charge in [0.25, 0.3) is 5.91 Å². The van der Waals surface area contributed by atoms with E-state index in [1.807, 2.05) is 25.1 Å². The zero-order chi connectivity index (χ0) is 16.9. The predicted molar refractivity (Wildman–Crippen MR) is 93.5 cm³/mol. The molecule has 0 radical (unpaired) electrons. The van der Waals surface area contributed by atoms with Crippen LogP contribution in [0.5, 0.6) is 0 Å². The van der Waals surface area contributed by atoms with Crippen molar-refractivity contribution < 1.29 is 14.3 Å². The Labute approximate surface area is 142 Å². The van der Waals surface area contributed by atoms with E-state index in [1.165, 1.54) is 0 Å². The Hall–Kier alpha value is -2.08. The number of ether oxygens (including phenoxy) is 1. The summed E-state index contributed by atoms with van der Waals surface area (Å²) in [7, 11) is 0. The highest BCUT2D eigenvalue weighted by Crippen LogP contribution is 2.30. The van der Waals surface area contributed by atoms with E-state index in [1.54, 1.807) is 4.90 Å². The van der Waals surface area contributed by atoms with Crippen molar-refractivity contribution in [1.82, 2.24) is 4.90 Å². The molecule has 1 aromatic carbocycles. The lowest BCUT2D eigenvalue weighted by molar-refractivity contribution is -0.115. The summed E-state index contributed by atoms with van der Waals surface area (Å²) >= 11 is 0. The summed E-state index contributed by atoms with van der Waals surface area (Å²) in [6.07, 6.45) is 2.74. The lowest BCUT2D eigenvalue weighted by Crippen LogP contribution is -2.40. The van der Waals surface area contributed by atoms with Crippen LogP contribution in [0.1, 0.15) is 36.5 Å². The lowest BCUT2D eigenvalue weighted by atomic mass is 10.1. The van der Waals surface area contributed by atoms with Crippen LogP contribution in [0.25, 0.3) is 0 Å². The van der Waals surface area contributed by atoms with Gasteiger partial charge in [-0.05, 0) is 31.0 Å². The van der Waals surface area contributed by atoms with Crippen molar-refractivity contribution in [2.24, 2.45) is 0 Å². The molecule has 0 aromatic heterocycles. The Balaban J connectivity index is 1.86. The highest BCUT2D eigenvalue weighted by Gasteiger charge is 2.22. The van der Waals surface area contributed by atoms with Crippen molar-refractivity contribution in [2.75, 3.05) is 49.6 Å². The van der Waals surface area contributed by atoms with E-state index < -0.39 is 0 Å². The first-order valence-electron chi connectivity index (χ1n) is 8.75. The van der Waals surface area contributed by atoms with Crippen LogP contribution in [0.4, 0.5) is 11.4 Å². The molecule has 2 aliphatic rings. The number of rotatable bonds is 4. The number of anilines is 2. The maximum atomic E-state index is 12.7. The zero-order valence-corrected chi connectivity index (χ0v) is 14.2. The molecule has 0 aliphatic carbocycles. The highest BCUT2D eigenvalue weighted by atomic mass is 16.5. The van der Waals surface area contributed by atoms with Gasteiger partial charge in [0, 0.05) is 38.2 Å². The molecule has 0 saturated carbocycles. The molecule has 2 fully saturated rings. The monoisotopic (exact) mass is 331 g/mol. The largest absolute Gasteiger partial charge is 0.378 e. The second kappa shape index (κ2) is 7.66. The molecular weight excluding hydrogens is 306 g/mol. The third-order valence-electron chi connectivity index (χ3n) is 4.58. The number of morpholine rings is 1. The smallest absolute Gasteiger partial charge is 0.254 e. The van der Waals surface area contributed by atoms with E-state index in [0.717, 1.165) is 37.3 Å². The van der Waals surface area contributed by atoms with Gasteiger partial charge in [0.15, 0.2) is 0 Å². The molecule has 1 N–H and O–H groups in total. The van der Waals surface area contributed by atoms with E-state index in [9.17, 15) is 9.59 Å². The van der Waals surface area contributed by atoms with E-state index >= 15 is 0 Å². The van der Waals surface area contributed by atoms with Gasteiger partial charge >= 0.3 is 0 Å². The fourth-order valence-corrected chi connectivity index (χ4v) is 3.19. The molecule has 2 saturated heterocycles. The molecule has 6 nitrogen and oxygen atoms in total. The maximum absolute atomic E-state index is 12.7. The topological polar surface area (TPSA) is 61.9 Å². The summed E-state index contributed by atoms with van der Waals surface area (Å²) in [5.74, 6) is -0.0373. The van der Waals surface area contributed by atoms with Crippen LogP contribution >= 0.6 is 0 Å². The number of amides is 2. The molecule has 0 bridgehead atoms. The molecule has 1 aromatic rings. The van der Waals surface area contributed by atoms with E-state index in [2.05, 4.69) is 10.2 Å². The molecule has 0 atom stereocenters.